The van der Waals surface area contributed by atoms with Crippen LogP contribution in [0.3, 0.4) is 0 Å². The lowest BCUT2D eigenvalue weighted by Crippen LogP contribution is -2.67. The minimum atomic E-state index is -2.01. The molecule has 22 heteroatoms. The monoisotopic (exact) mass is 1030 g/mol. The third-order valence-corrected chi connectivity index (χ3v) is 20.0. The van der Waals surface area contributed by atoms with Crippen molar-refractivity contribution in [2.24, 2.45) is 52.3 Å². The van der Waals surface area contributed by atoms with Gasteiger partial charge >= 0.3 is 0 Å². The number of hydrogen-bond acceptors (Lipinski definition) is 22. The summed E-state index contributed by atoms with van der Waals surface area (Å²) in [5.74, 6) is 3.14. The highest BCUT2D eigenvalue weighted by Crippen LogP contribution is 2.71. The van der Waals surface area contributed by atoms with Crippen LogP contribution in [0.25, 0.3) is 0 Å². The van der Waals surface area contributed by atoms with Gasteiger partial charge in [0.1, 0.15) is 91.6 Å². The van der Waals surface area contributed by atoms with E-state index in [2.05, 4.69) is 27.7 Å². The van der Waals surface area contributed by atoms with Crippen molar-refractivity contribution < 1.29 is 109 Å². The Morgan fingerprint density at radius 3 is 1.82 bits per heavy atom. The van der Waals surface area contributed by atoms with E-state index in [4.69, 9.17) is 47.4 Å². The lowest BCUT2D eigenvalue weighted by molar-refractivity contribution is -0.385. The topological polar surface area (TPSA) is 335 Å². The molecule has 10 rings (SSSR count). The zero-order valence-electron chi connectivity index (χ0n) is 41.7. The molecule has 72 heavy (non-hydrogen) atoms. The molecule has 0 aromatic heterocycles. The number of aliphatic hydroxyl groups excluding tert-OH is 12. The fraction of sp³-hybridized carbons (Fsp3) is 1.00. The van der Waals surface area contributed by atoms with Crippen molar-refractivity contribution in [3.8, 4) is 0 Å². The zero-order chi connectivity index (χ0) is 51.3. The molecule has 414 valence electrons. The Balaban J connectivity index is 0.774. The largest absolute Gasteiger partial charge is 0.394 e. The van der Waals surface area contributed by atoms with Gasteiger partial charge in [0.25, 0.3) is 0 Å². The number of aliphatic hydroxyl groups is 12. The molecule has 0 bridgehead atoms. The number of ether oxygens (including phenoxy) is 10. The third kappa shape index (κ3) is 9.36. The van der Waals surface area contributed by atoms with Gasteiger partial charge in [-0.25, -0.2) is 0 Å². The quantitative estimate of drug-likeness (QED) is 0.0971. The molecule has 6 heterocycles. The summed E-state index contributed by atoms with van der Waals surface area (Å²) in [4.78, 5) is 0. The first-order chi connectivity index (χ1) is 34.2. The van der Waals surface area contributed by atoms with Crippen molar-refractivity contribution in [2.45, 2.75) is 227 Å². The van der Waals surface area contributed by atoms with Gasteiger partial charge in [0.2, 0.25) is 0 Å². The van der Waals surface area contributed by atoms with Crippen molar-refractivity contribution in [3.05, 3.63) is 0 Å². The van der Waals surface area contributed by atoms with E-state index in [-0.39, 0.29) is 23.0 Å². The average molecular weight is 1040 g/mol. The van der Waals surface area contributed by atoms with Crippen LogP contribution in [-0.2, 0) is 47.4 Å². The van der Waals surface area contributed by atoms with Crippen LogP contribution in [0.5, 0.6) is 0 Å². The molecule has 0 unspecified atom stereocenters. The van der Waals surface area contributed by atoms with Crippen LogP contribution in [0.15, 0.2) is 0 Å². The van der Waals surface area contributed by atoms with Gasteiger partial charge in [-0.15, -0.1) is 0 Å². The molecule has 31 atom stereocenters. The Morgan fingerprint density at radius 1 is 0.542 bits per heavy atom. The van der Waals surface area contributed by atoms with E-state index in [9.17, 15) is 61.3 Å². The molecule has 12 N–H and O–H groups in total. The predicted molar refractivity (Wildman–Crippen MR) is 242 cm³/mol. The summed E-state index contributed by atoms with van der Waals surface area (Å²) >= 11 is 0. The van der Waals surface area contributed by atoms with Crippen LogP contribution in [0, 0.1) is 52.3 Å². The SMILES string of the molecule is C[C@H]1CC[C@@]2(OC1)O[C@H]1C[C@H]3[C@@H]4CC[C@@H]5C[C@@H](O[C@@H]6O[C@H](CO)[C@@H](O[C@@H]7O[C@H](CO[C@@H]8OC[C@@H](O)[C@H](O)[C@H]8O)[C@@H](O[C@@H]8O[C@H](CO)[C@H](O)[C@H](O)[C@H]8O)[C@H](O)[C@H]7O)[C@H](O)[C@H]6O)CC[C@]5(C)[C@H]4CC[C@]3(C)[C@H]1[C@@H]2C. The van der Waals surface area contributed by atoms with Crippen molar-refractivity contribution in [2.75, 3.05) is 33.0 Å². The van der Waals surface area contributed by atoms with E-state index in [1.807, 2.05) is 0 Å². The molecule has 0 aromatic rings. The molecule has 4 aliphatic carbocycles. The molecular weight excluding hydrogens is 953 g/mol. The Labute approximate surface area is 419 Å². The Bertz CT molecular complexity index is 1830. The second-order valence-corrected chi connectivity index (χ2v) is 23.9. The van der Waals surface area contributed by atoms with Gasteiger partial charge in [-0.3, -0.25) is 0 Å². The first-order valence-corrected chi connectivity index (χ1v) is 26.7. The van der Waals surface area contributed by atoms with Gasteiger partial charge < -0.3 is 109 Å². The molecule has 1 spiro atoms. The van der Waals surface area contributed by atoms with E-state index < -0.39 is 149 Å². The molecular formula is C50H82O22. The highest BCUT2D eigenvalue weighted by molar-refractivity contribution is 5.15. The van der Waals surface area contributed by atoms with Crippen LogP contribution in [0.1, 0.15) is 91.9 Å². The van der Waals surface area contributed by atoms with Gasteiger partial charge in [-0.2, -0.15) is 0 Å². The summed E-state index contributed by atoms with van der Waals surface area (Å²) in [6.45, 7) is 7.81. The summed E-state index contributed by atoms with van der Waals surface area (Å²) in [6.07, 6.45) is -21.9. The standard InChI is InChI=1S/C50H82O22/c1-20-7-12-50(65-17-20)21(2)32-28(72-50)14-26-24-6-5-22-13-23(8-10-48(22,3)25(24)9-11-49(26,32)4)66-45-40(61)36(57)42(30(16-52)68-45)70-47-41(62)37(58)43(71-46-39(60)35(56)34(55)29(15-51)67-46)31(69-47)19-64-44-38(59)33(54)27(53)18-63-44/h20-47,51-62H,5-19H2,1-4H3/t20-,21-,22+,23-,24+,25-,26-,27+,28-,29+,30+,31+,32-,33-,34-,35-,36+,37+,38+,39+,40+,41+,42+,43+,44-,45+,46-,47-,48-,49-,50+/m0/s1. The van der Waals surface area contributed by atoms with E-state index in [0.29, 0.717) is 47.8 Å². The van der Waals surface area contributed by atoms with Crippen LogP contribution in [0.4, 0.5) is 0 Å². The number of fused-ring (bicyclic) bond motifs is 7. The van der Waals surface area contributed by atoms with Crippen LogP contribution in [0.2, 0.25) is 0 Å². The second-order valence-electron chi connectivity index (χ2n) is 23.9. The zero-order valence-corrected chi connectivity index (χ0v) is 41.7. The Morgan fingerprint density at radius 2 is 1.15 bits per heavy atom. The van der Waals surface area contributed by atoms with Gasteiger partial charge in [0.15, 0.2) is 30.9 Å². The first-order valence-electron chi connectivity index (χ1n) is 26.7. The van der Waals surface area contributed by atoms with E-state index in [1.165, 1.54) is 12.8 Å². The van der Waals surface area contributed by atoms with E-state index in [1.54, 1.807) is 0 Å². The van der Waals surface area contributed by atoms with Gasteiger partial charge in [0.05, 0.1) is 45.2 Å². The molecule has 0 radical (unpaired) electrons. The number of hydrogen-bond donors (Lipinski definition) is 12. The van der Waals surface area contributed by atoms with Crippen molar-refractivity contribution >= 4 is 0 Å². The smallest absolute Gasteiger partial charge is 0.187 e. The molecule has 0 amide bonds. The summed E-state index contributed by atoms with van der Waals surface area (Å²) in [6, 6.07) is 0. The normalized spacial score (nSPS) is 57.8. The maximum atomic E-state index is 11.6. The van der Waals surface area contributed by atoms with Gasteiger partial charge in [-0.05, 0) is 104 Å². The highest BCUT2D eigenvalue weighted by Gasteiger charge is 2.69. The third-order valence-electron chi connectivity index (χ3n) is 20.0. The van der Waals surface area contributed by atoms with Crippen LogP contribution >= 0.6 is 0 Å². The minimum Gasteiger partial charge on any atom is -0.394 e. The Hall–Kier alpha value is -0.880. The lowest BCUT2D eigenvalue weighted by Gasteiger charge is -2.61. The fourth-order valence-electron chi connectivity index (χ4n) is 15.8. The van der Waals surface area contributed by atoms with Crippen molar-refractivity contribution in [3.63, 3.8) is 0 Å². The molecule has 6 saturated heterocycles. The molecule has 10 fully saturated rings. The summed E-state index contributed by atoms with van der Waals surface area (Å²) < 4.78 is 60.5. The molecule has 10 aliphatic rings. The maximum Gasteiger partial charge on any atom is 0.187 e. The maximum absolute atomic E-state index is 11.6. The summed E-state index contributed by atoms with van der Waals surface area (Å²) in [7, 11) is 0. The molecule has 22 nitrogen and oxygen atoms in total. The number of rotatable bonds is 11. The van der Waals surface area contributed by atoms with Gasteiger partial charge in [0, 0.05) is 12.3 Å². The Kier molecular flexibility index (Phi) is 15.9. The van der Waals surface area contributed by atoms with Gasteiger partial charge in [-0.1, -0.05) is 27.7 Å². The first kappa shape index (κ1) is 54.5. The predicted octanol–water partition coefficient (Wildman–Crippen LogP) is -2.27. The van der Waals surface area contributed by atoms with E-state index >= 15 is 0 Å². The van der Waals surface area contributed by atoms with E-state index in [0.717, 1.165) is 51.6 Å². The van der Waals surface area contributed by atoms with Crippen LogP contribution in [-0.4, -0.2) is 229 Å². The average Bonchev–Trinajstić information content (AvgIpc) is 3.81. The lowest BCUT2D eigenvalue weighted by atomic mass is 9.44. The summed E-state index contributed by atoms with van der Waals surface area (Å²) in [5.41, 5.74) is 0.318. The molecule has 0 aromatic carbocycles. The molecule has 4 saturated carbocycles. The summed E-state index contributed by atoms with van der Waals surface area (Å²) in [5, 5.41) is 129. The fourth-order valence-corrected chi connectivity index (χ4v) is 15.8. The van der Waals surface area contributed by atoms with Crippen molar-refractivity contribution in [1.82, 2.24) is 0 Å². The second kappa shape index (κ2) is 21.1. The highest BCUT2D eigenvalue weighted by atomic mass is 16.8. The van der Waals surface area contributed by atoms with Crippen molar-refractivity contribution in [1.29, 1.82) is 0 Å². The minimum absolute atomic E-state index is 0.108. The molecule has 6 aliphatic heterocycles. The van der Waals surface area contributed by atoms with Crippen LogP contribution < -0.4 is 0 Å².